The van der Waals surface area contributed by atoms with Gasteiger partial charge in [-0.3, -0.25) is 4.79 Å². The SMILES string of the molecule is C#CC(C)NC(=O)c1cnc[nH]1. The summed E-state index contributed by atoms with van der Waals surface area (Å²) >= 11 is 0. The number of hydrogen-bond donors (Lipinski definition) is 2. The van der Waals surface area contributed by atoms with Crippen molar-refractivity contribution >= 4 is 5.91 Å². The van der Waals surface area contributed by atoms with Gasteiger partial charge in [0.1, 0.15) is 5.69 Å². The largest absolute Gasteiger partial charge is 0.341 e. The number of rotatable bonds is 2. The van der Waals surface area contributed by atoms with E-state index in [2.05, 4.69) is 21.2 Å². The first-order valence-electron chi connectivity index (χ1n) is 3.49. The maximum Gasteiger partial charge on any atom is 0.270 e. The van der Waals surface area contributed by atoms with E-state index in [-0.39, 0.29) is 11.9 Å². The Balaban J connectivity index is 2.57. The molecular weight excluding hydrogens is 154 g/mol. The maximum absolute atomic E-state index is 11.2. The molecule has 0 fully saturated rings. The Morgan fingerprint density at radius 2 is 2.67 bits per heavy atom. The Bertz CT molecular complexity index is 297. The average molecular weight is 163 g/mol. The summed E-state index contributed by atoms with van der Waals surface area (Å²) in [4.78, 5) is 17.6. The van der Waals surface area contributed by atoms with Crippen LogP contribution in [-0.4, -0.2) is 21.9 Å². The number of aromatic nitrogens is 2. The highest BCUT2D eigenvalue weighted by Crippen LogP contribution is 1.91. The fourth-order valence-corrected chi connectivity index (χ4v) is 0.696. The number of nitrogens with one attached hydrogen (secondary N) is 2. The molecule has 0 saturated carbocycles. The summed E-state index contributed by atoms with van der Waals surface area (Å²) in [6.45, 7) is 1.73. The van der Waals surface area contributed by atoms with Crippen molar-refractivity contribution in [2.75, 3.05) is 0 Å². The number of H-pyrrole nitrogens is 1. The first-order valence-corrected chi connectivity index (χ1v) is 3.49. The van der Waals surface area contributed by atoms with Gasteiger partial charge < -0.3 is 10.3 Å². The van der Waals surface area contributed by atoms with Gasteiger partial charge in [0.2, 0.25) is 0 Å². The van der Waals surface area contributed by atoms with E-state index in [1.54, 1.807) is 6.92 Å². The topological polar surface area (TPSA) is 57.8 Å². The van der Waals surface area contributed by atoms with Crippen LogP contribution < -0.4 is 5.32 Å². The van der Waals surface area contributed by atoms with Gasteiger partial charge in [-0.05, 0) is 6.92 Å². The van der Waals surface area contributed by atoms with Gasteiger partial charge in [0.25, 0.3) is 5.91 Å². The van der Waals surface area contributed by atoms with E-state index in [0.29, 0.717) is 5.69 Å². The lowest BCUT2D eigenvalue weighted by Crippen LogP contribution is -2.31. The molecule has 0 bridgehead atoms. The molecule has 1 aromatic rings. The predicted molar refractivity (Wildman–Crippen MR) is 44.3 cm³/mol. The zero-order chi connectivity index (χ0) is 8.97. The van der Waals surface area contributed by atoms with Crippen LogP contribution in [0.25, 0.3) is 0 Å². The van der Waals surface area contributed by atoms with Crippen LogP contribution in [0.5, 0.6) is 0 Å². The molecule has 2 N–H and O–H groups in total. The van der Waals surface area contributed by atoms with Crippen LogP contribution in [0.2, 0.25) is 0 Å². The van der Waals surface area contributed by atoms with Gasteiger partial charge >= 0.3 is 0 Å². The van der Waals surface area contributed by atoms with Gasteiger partial charge in [0, 0.05) is 0 Å². The summed E-state index contributed by atoms with van der Waals surface area (Å²) in [5.74, 6) is 2.15. The Morgan fingerprint density at radius 3 is 3.17 bits per heavy atom. The molecular formula is C8H9N3O. The number of carbonyl (C=O) groups excluding carboxylic acids is 1. The van der Waals surface area contributed by atoms with E-state index in [1.165, 1.54) is 12.5 Å². The van der Waals surface area contributed by atoms with Crippen molar-refractivity contribution in [3.63, 3.8) is 0 Å². The molecule has 0 radical (unpaired) electrons. The molecule has 0 aromatic carbocycles. The molecule has 12 heavy (non-hydrogen) atoms. The van der Waals surface area contributed by atoms with Crippen molar-refractivity contribution in [3.05, 3.63) is 18.2 Å². The van der Waals surface area contributed by atoms with Crippen LogP contribution in [-0.2, 0) is 0 Å². The van der Waals surface area contributed by atoms with Gasteiger partial charge in [-0.2, -0.15) is 0 Å². The minimum atomic E-state index is -0.263. The lowest BCUT2D eigenvalue weighted by atomic mass is 10.3. The molecule has 0 saturated heterocycles. The zero-order valence-electron chi connectivity index (χ0n) is 6.66. The van der Waals surface area contributed by atoms with Crippen molar-refractivity contribution in [3.8, 4) is 12.3 Å². The van der Waals surface area contributed by atoms with Crippen LogP contribution in [0.3, 0.4) is 0 Å². The molecule has 0 aliphatic rings. The summed E-state index contributed by atoms with van der Waals surface area (Å²) in [6.07, 6.45) is 7.97. The van der Waals surface area contributed by atoms with Crippen LogP contribution in [0.15, 0.2) is 12.5 Å². The highest BCUT2D eigenvalue weighted by atomic mass is 16.1. The highest BCUT2D eigenvalue weighted by molar-refractivity contribution is 5.92. The molecule has 1 heterocycles. The molecule has 1 amide bonds. The molecule has 1 unspecified atom stereocenters. The summed E-state index contributed by atoms with van der Waals surface area (Å²) < 4.78 is 0. The highest BCUT2D eigenvalue weighted by Gasteiger charge is 2.07. The fourth-order valence-electron chi connectivity index (χ4n) is 0.696. The van der Waals surface area contributed by atoms with Crippen LogP contribution in [0.1, 0.15) is 17.4 Å². The smallest absolute Gasteiger partial charge is 0.270 e. The van der Waals surface area contributed by atoms with Crippen molar-refractivity contribution in [2.24, 2.45) is 0 Å². The average Bonchev–Trinajstić information content (AvgIpc) is 2.56. The molecule has 0 spiro atoms. The number of aromatic amines is 1. The van der Waals surface area contributed by atoms with Crippen molar-refractivity contribution in [1.82, 2.24) is 15.3 Å². The number of hydrogen-bond acceptors (Lipinski definition) is 2. The standard InChI is InChI=1S/C8H9N3O/c1-3-6(2)11-8(12)7-4-9-5-10-7/h1,4-6H,2H3,(H,9,10)(H,11,12). The lowest BCUT2D eigenvalue weighted by Gasteiger charge is -2.04. The van der Waals surface area contributed by atoms with Gasteiger partial charge in [0.15, 0.2) is 0 Å². The van der Waals surface area contributed by atoms with E-state index in [4.69, 9.17) is 6.42 Å². The number of carbonyl (C=O) groups is 1. The Hall–Kier alpha value is -1.76. The normalized spacial score (nSPS) is 11.7. The minimum Gasteiger partial charge on any atom is -0.341 e. The van der Waals surface area contributed by atoms with Crippen LogP contribution >= 0.6 is 0 Å². The molecule has 0 aliphatic heterocycles. The second-order valence-electron chi connectivity index (χ2n) is 2.33. The van der Waals surface area contributed by atoms with Gasteiger partial charge in [-0.25, -0.2) is 4.98 Å². The summed E-state index contributed by atoms with van der Waals surface area (Å²) in [6, 6.07) is -0.263. The minimum absolute atomic E-state index is 0.238. The predicted octanol–water partition coefficient (Wildman–Crippen LogP) is 0.161. The molecule has 62 valence electrons. The third-order valence-electron chi connectivity index (χ3n) is 1.34. The number of nitrogens with zero attached hydrogens (tertiary/aromatic N) is 1. The Morgan fingerprint density at radius 1 is 1.92 bits per heavy atom. The summed E-state index contributed by atoms with van der Waals surface area (Å²) in [5, 5.41) is 2.59. The Labute approximate surface area is 70.4 Å². The third-order valence-corrected chi connectivity index (χ3v) is 1.34. The van der Waals surface area contributed by atoms with Crippen molar-refractivity contribution in [1.29, 1.82) is 0 Å². The second-order valence-corrected chi connectivity index (χ2v) is 2.33. The van der Waals surface area contributed by atoms with E-state index in [0.717, 1.165) is 0 Å². The first-order chi connectivity index (χ1) is 5.74. The van der Waals surface area contributed by atoms with Gasteiger partial charge in [0.05, 0.1) is 18.6 Å². The van der Waals surface area contributed by atoms with Gasteiger partial charge in [-0.15, -0.1) is 6.42 Å². The number of imidazole rings is 1. The van der Waals surface area contributed by atoms with Crippen molar-refractivity contribution < 1.29 is 4.79 Å². The molecule has 4 heteroatoms. The molecule has 1 atom stereocenters. The lowest BCUT2D eigenvalue weighted by molar-refractivity contribution is 0.0943. The second kappa shape index (κ2) is 3.58. The van der Waals surface area contributed by atoms with Gasteiger partial charge in [-0.1, -0.05) is 5.92 Å². The fraction of sp³-hybridized carbons (Fsp3) is 0.250. The molecule has 1 aromatic heterocycles. The number of amides is 1. The van der Waals surface area contributed by atoms with E-state index >= 15 is 0 Å². The number of terminal acetylenes is 1. The maximum atomic E-state index is 11.2. The zero-order valence-corrected chi connectivity index (χ0v) is 6.66. The molecule has 1 rings (SSSR count). The third kappa shape index (κ3) is 1.86. The van der Waals surface area contributed by atoms with E-state index < -0.39 is 0 Å². The van der Waals surface area contributed by atoms with Crippen molar-refractivity contribution in [2.45, 2.75) is 13.0 Å². The van der Waals surface area contributed by atoms with E-state index in [1.807, 2.05) is 0 Å². The monoisotopic (exact) mass is 163 g/mol. The summed E-state index contributed by atoms with van der Waals surface area (Å²) in [5.41, 5.74) is 0.414. The molecule has 0 aliphatic carbocycles. The summed E-state index contributed by atoms with van der Waals surface area (Å²) in [7, 11) is 0. The quantitative estimate of drug-likeness (QED) is 0.610. The van der Waals surface area contributed by atoms with E-state index in [9.17, 15) is 4.79 Å². The molecule has 4 nitrogen and oxygen atoms in total. The Kier molecular flexibility index (Phi) is 2.49. The van der Waals surface area contributed by atoms with Crippen LogP contribution in [0.4, 0.5) is 0 Å². The van der Waals surface area contributed by atoms with Crippen LogP contribution in [0, 0.1) is 12.3 Å². The first kappa shape index (κ1) is 8.34.